The van der Waals surface area contributed by atoms with Gasteiger partial charge in [-0.15, -0.1) is 0 Å². The van der Waals surface area contributed by atoms with Crippen LogP contribution in [0.25, 0.3) is 0 Å². The molecule has 0 heterocycles. The van der Waals surface area contributed by atoms with E-state index in [0.717, 1.165) is 0 Å². The molecular weight excluding hydrogens is 436 g/mol. The first-order valence-corrected chi connectivity index (χ1v) is 8.12. The van der Waals surface area contributed by atoms with Crippen LogP contribution in [0, 0.1) is 26.7 Å². The molecule has 0 atom stereocenters. The summed E-state index contributed by atoms with van der Waals surface area (Å²) in [6.07, 6.45) is -0.677. The van der Waals surface area contributed by atoms with Crippen LogP contribution in [0.4, 0.5) is 0 Å². The Morgan fingerprint density at radius 3 is 0.867 bits per heavy atom. The molecule has 0 aliphatic rings. The Bertz CT molecular complexity index is 449. The number of methoxy groups -OCH3 is 3. The molecule has 0 aromatic heterocycles. The van der Waals surface area contributed by atoms with E-state index >= 15 is 0 Å². The van der Waals surface area contributed by atoms with E-state index in [9.17, 15) is 28.8 Å². The molecule has 0 aliphatic heterocycles. The van der Waals surface area contributed by atoms with Crippen molar-refractivity contribution in [3.8, 4) is 0 Å². The van der Waals surface area contributed by atoms with Crippen molar-refractivity contribution in [2.45, 2.75) is 33.1 Å². The van der Waals surface area contributed by atoms with E-state index in [-0.39, 0.29) is 41.0 Å². The summed E-state index contributed by atoms with van der Waals surface area (Å²) in [6.45, 7) is 13.2. The molecule has 1 radical (unpaired) electrons. The summed E-state index contributed by atoms with van der Waals surface area (Å²) < 4.78 is 12.5. The third kappa shape index (κ3) is 50.0. The average molecular weight is 467 g/mol. The van der Waals surface area contributed by atoms with Gasteiger partial charge in [0.2, 0.25) is 0 Å². The second kappa shape index (κ2) is 26.7. The number of Topliss-reactive ketones (excluding diaryl/α,β-unsaturated/α-hetero) is 3. The van der Waals surface area contributed by atoms with E-state index < -0.39 is 35.3 Å². The van der Waals surface area contributed by atoms with Crippen molar-refractivity contribution in [3.63, 3.8) is 0 Å². The van der Waals surface area contributed by atoms with Gasteiger partial charge in [0.05, 0.1) is 40.6 Å². The molecule has 171 valence electrons. The minimum Gasteiger partial charge on any atom is -0.469 e. The van der Waals surface area contributed by atoms with Crippen LogP contribution in [0.15, 0.2) is 0 Å². The van der Waals surface area contributed by atoms with E-state index in [0.29, 0.717) is 12.5 Å². The topological polar surface area (TPSA) is 150 Å². The average Bonchev–Trinajstić information content (AvgIpc) is 2.61. The quantitative estimate of drug-likeness (QED) is 0.184. The summed E-state index contributed by atoms with van der Waals surface area (Å²) in [5, 5.41) is 8.14. The Morgan fingerprint density at radius 2 is 0.833 bits per heavy atom. The Morgan fingerprint density at radius 1 is 0.667 bits per heavy atom. The molecule has 30 heavy (non-hydrogen) atoms. The molecule has 0 amide bonds. The molecule has 0 saturated carbocycles. The van der Waals surface area contributed by atoms with Gasteiger partial charge in [0.15, 0.2) is 0 Å². The van der Waals surface area contributed by atoms with Crippen LogP contribution in [0.3, 0.4) is 0 Å². The maximum Gasteiger partial charge on any atom is 3.00 e. The molecule has 0 aliphatic carbocycles. The monoisotopic (exact) mass is 467 g/mol. The fraction of sp³-hybridized carbons (Fsp3) is 0.526. The molecule has 1 N–H and O–H groups in total. The van der Waals surface area contributed by atoms with E-state index in [1.165, 1.54) is 21.3 Å². The van der Waals surface area contributed by atoms with Crippen LogP contribution in [-0.2, 0) is 64.7 Å². The smallest absolute Gasteiger partial charge is 0.469 e. The first-order valence-electron chi connectivity index (χ1n) is 8.12. The second-order valence-electron chi connectivity index (χ2n) is 5.45. The Kier molecular flexibility index (Phi) is 34.1. The number of rotatable bonds is 7. The van der Waals surface area contributed by atoms with Crippen LogP contribution in [0.2, 0.25) is 0 Å². The molecule has 11 heteroatoms. The third-order valence-electron chi connectivity index (χ3n) is 2.07. The number of hydrogen-bond acceptors (Lipinski definition) is 10. The van der Waals surface area contributed by atoms with E-state index in [1.807, 2.05) is 13.8 Å². The SMILES string of the molecule is CC(C)CO.[CH2-]C(=O)CC(=O)OC.[CH2-]C(=O)CC(=O)OC.[CH2-]C(=O)CC(=O)OC.[Ti+3]. The zero-order valence-corrected chi connectivity index (χ0v) is 19.7. The molecule has 0 bridgehead atoms. The normalized spacial score (nSPS) is 8.10. The summed E-state index contributed by atoms with van der Waals surface area (Å²) in [5.41, 5.74) is 0. The van der Waals surface area contributed by atoms with Gasteiger partial charge >= 0.3 is 39.6 Å². The van der Waals surface area contributed by atoms with Crippen LogP contribution >= 0.6 is 0 Å². The van der Waals surface area contributed by atoms with Gasteiger partial charge < -0.3 is 54.5 Å². The van der Waals surface area contributed by atoms with Crippen molar-refractivity contribution in [1.82, 2.24) is 0 Å². The van der Waals surface area contributed by atoms with Gasteiger partial charge in [-0.1, -0.05) is 13.8 Å². The van der Waals surface area contributed by atoms with Gasteiger partial charge in [-0.2, -0.15) is 0 Å². The van der Waals surface area contributed by atoms with Crippen molar-refractivity contribution in [3.05, 3.63) is 20.8 Å². The van der Waals surface area contributed by atoms with Gasteiger partial charge in [-0.05, 0) is 5.92 Å². The molecule has 0 spiro atoms. The minimum atomic E-state index is -0.537. The molecule has 0 aromatic carbocycles. The Balaban J connectivity index is -0.0000000929. The standard InChI is InChI=1S/3C5H7O3.C4H10O.Ti/c3*1-4(6)3-5(7)8-2;1-4(2)3-5;/h3*1,3H2,2H3;4-5H,3H2,1-2H3;/q3*-1;;+3. The number of ketones is 3. The van der Waals surface area contributed by atoms with Crippen LogP contribution in [0.5, 0.6) is 0 Å². The molecule has 0 aromatic rings. The van der Waals surface area contributed by atoms with E-state index in [2.05, 4.69) is 35.0 Å². The number of hydrogen-bond donors (Lipinski definition) is 1. The summed E-state index contributed by atoms with van der Waals surface area (Å²) >= 11 is 0. The fourth-order valence-electron chi connectivity index (χ4n) is 0.699. The number of aliphatic hydroxyl groups is 1. The van der Waals surface area contributed by atoms with Crippen molar-refractivity contribution in [1.29, 1.82) is 0 Å². The zero-order valence-electron chi connectivity index (χ0n) is 18.1. The van der Waals surface area contributed by atoms with Crippen molar-refractivity contribution >= 4 is 35.3 Å². The molecule has 0 saturated heterocycles. The molecule has 0 fully saturated rings. The van der Waals surface area contributed by atoms with Crippen molar-refractivity contribution < 1.29 is 69.8 Å². The van der Waals surface area contributed by atoms with Gasteiger partial charge in [0.25, 0.3) is 0 Å². The van der Waals surface area contributed by atoms with Gasteiger partial charge in [0, 0.05) is 24.0 Å². The van der Waals surface area contributed by atoms with E-state index in [4.69, 9.17) is 5.11 Å². The zero-order chi connectivity index (χ0) is 24.0. The summed E-state index contributed by atoms with van der Waals surface area (Å²) in [7, 11) is 3.68. The molecular formula is C19H31O10Ti. The molecule has 0 unspecified atom stereocenters. The summed E-state index contributed by atoms with van der Waals surface area (Å²) in [6, 6.07) is 0. The maximum absolute atomic E-state index is 10.1. The number of carbonyl (C=O) groups excluding carboxylic acids is 6. The number of ether oxygens (including phenoxy) is 3. The van der Waals surface area contributed by atoms with Crippen LogP contribution < -0.4 is 0 Å². The minimum absolute atomic E-state index is 0. The van der Waals surface area contributed by atoms with Gasteiger partial charge in [0.1, 0.15) is 0 Å². The predicted octanol–water partition coefficient (Wildman–Crippen LogP) is 0.490. The van der Waals surface area contributed by atoms with Crippen molar-refractivity contribution in [2.24, 2.45) is 5.92 Å². The number of esters is 3. The van der Waals surface area contributed by atoms with E-state index in [1.54, 1.807) is 0 Å². The Labute approximate surface area is 192 Å². The first-order chi connectivity index (χ1) is 13.3. The largest absolute Gasteiger partial charge is 3.00 e. The first kappa shape index (κ1) is 38.3. The maximum atomic E-state index is 10.1. The van der Waals surface area contributed by atoms with Crippen LogP contribution in [-0.4, -0.2) is 68.3 Å². The Hall–Kier alpha value is -2.30. The fourth-order valence-corrected chi connectivity index (χ4v) is 0.699. The van der Waals surface area contributed by atoms with Crippen LogP contribution in [0.1, 0.15) is 33.1 Å². The number of carbonyl (C=O) groups is 6. The third-order valence-corrected chi connectivity index (χ3v) is 2.07. The second-order valence-corrected chi connectivity index (χ2v) is 5.45. The summed E-state index contributed by atoms with van der Waals surface area (Å²) in [5.74, 6) is -2.43. The van der Waals surface area contributed by atoms with Gasteiger partial charge in [-0.3, -0.25) is 14.4 Å². The van der Waals surface area contributed by atoms with Gasteiger partial charge in [-0.25, -0.2) is 0 Å². The molecule has 0 rings (SSSR count). The van der Waals surface area contributed by atoms with Crippen molar-refractivity contribution in [2.75, 3.05) is 27.9 Å². The predicted molar refractivity (Wildman–Crippen MR) is 103 cm³/mol. The molecule has 10 nitrogen and oxygen atoms in total. The number of aliphatic hydroxyl groups excluding tert-OH is 1. The summed E-state index contributed by atoms with van der Waals surface area (Å²) in [4.78, 5) is 60.4.